The van der Waals surface area contributed by atoms with Crippen LogP contribution in [0.1, 0.15) is 12.5 Å². The standard InChI is InChI=1S/C13H12F3N5/c1-3-21-12-8(7-17-21)9(13(14,15)16)6-11(18-12)10-4-5-20(2)19-10/h4-7H,3H2,1-2H3. The molecule has 0 N–H and O–H groups in total. The lowest BCUT2D eigenvalue weighted by atomic mass is 10.1. The largest absolute Gasteiger partial charge is 0.417 e. The molecule has 0 saturated carbocycles. The number of rotatable bonds is 2. The molecule has 110 valence electrons. The van der Waals surface area contributed by atoms with Crippen molar-refractivity contribution < 1.29 is 13.2 Å². The molecule has 0 amide bonds. The SMILES string of the molecule is CCn1ncc2c(C(F)(F)F)cc(-c3ccn(C)n3)nc21. The molecule has 0 saturated heterocycles. The summed E-state index contributed by atoms with van der Waals surface area (Å²) in [6, 6.07) is 2.65. The summed E-state index contributed by atoms with van der Waals surface area (Å²) in [5, 5.41) is 8.07. The normalized spacial score (nSPS) is 12.2. The fourth-order valence-electron chi connectivity index (χ4n) is 2.20. The monoisotopic (exact) mass is 295 g/mol. The van der Waals surface area contributed by atoms with Crippen LogP contribution in [0.3, 0.4) is 0 Å². The van der Waals surface area contributed by atoms with Crippen molar-refractivity contribution in [2.45, 2.75) is 19.6 Å². The van der Waals surface area contributed by atoms with Gasteiger partial charge in [-0.1, -0.05) is 0 Å². The van der Waals surface area contributed by atoms with Crippen LogP contribution in [0.5, 0.6) is 0 Å². The molecule has 3 rings (SSSR count). The highest BCUT2D eigenvalue weighted by Crippen LogP contribution is 2.36. The van der Waals surface area contributed by atoms with Gasteiger partial charge in [0.2, 0.25) is 0 Å². The zero-order chi connectivity index (χ0) is 15.2. The highest BCUT2D eigenvalue weighted by Gasteiger charge is 2.34. The zero-order valence-corrected chi connectivity index (χ0v) is 11.4. The molecule has 21 heavy (non-hydrogen) atoms. The maximum Gasteiger partial charge on any atom is 0.417 e. The fourth-order valence-corrected chi connectivity index (χ4v) is 2.20. The minimum absolute atomic E-state index is 0.00373. The molecule has 0 atom stereocenters. The minimum Gasteiger partial charge on any atom is -0.275 e. The Morgan fingerprint density at radius 3 is 2.57 bits per heavy atom. The number of alkyl halides is 3. The summed E-state index contributed by atoms with van der Waals surface area (Å²) in [6.07, 6.45) is -1.60. The first kappa shape index (κ1) is 13.6. The van der Waals surface area contributed by atoms with Crippen molar-refractivity contribution in [3.05, 3.63) is 30.1 Å². The Kier molecular flexibility index (Phi) is 2.96. The summed E-state index contributed by atoms with van der Waals surface area (Å²) in [5.41, 5.74) is 0.0557. The van der Waals surface area contributed by atoms with Crippen LogP contribution in [0.25, 0.3) is 22.4 Å². The van der Waals surface area contributed by atoms with Crippen LogP contribution in [0.4, 0.5) is 13.2 Å². The lowest BCUT2D eigenvalue weighted by Gasteiger charge is -2.10. The maximum absolute atomic E-state index is 13.2. The van der Waals surface area contributed by atoms with E-state index in [1.807, 2.05) is 0 Å². The molecule has 0 unspecified atom stereocenters. The van der Waals surface area contributed by atoms with Crippen LogP contribution in [-0.2, 0) is 19.8 Å². The Balaban J connectivity index is 2.31. The van der Waals surface area contributed by atoms with E-state index < -0.39 is 11.7 Å². The van der Waals surface area contributed by atoms with Crippen LogP contribution in [0.2, 0.25) is 0 Å². The number of hydrogen-bond donors (Lipinski definition) is 0. The van der Waals surface area contributed by atoms with E-state index in [1.54, 1.807) is 26.2 Å². The highest BCUT2D eigenvalue weighted by molar-refractivity contribution is 5.82. The first-order chi connectivity index (χ1) is 9.90. The summed E-state index contributed by atoms with van der Waals surface area (Å²) in [5.74, 6) is 0. The van der Waals surface area contributed by atoms with E-state index >= 15 is 0 Å². The topological polar surface area (TPSA) is 48.5 Å². The molecular formula is C13H12F3N5. The van der Waals surface area contributed by atoms with E-state index in [1.165, 1.54) is 15.6 Å². The molecule has 3 aromatic heterocycles. The van der Waals surface area contributed by atoms with E-state index in [4.69, 9.17) is 0 Å². The minimum atomic E-state index is -4.47. The van der Waals surface area contributed by atoms with Gasteiger partial charge < -0.3 is 0 Å². The molecule has 0 radical (unpaired) electrons. The second-order valence-electron chi connectivity index (χ2n) is 4.63. The zero-order valence-electron chi connectivity index (χ0n) is 11.4. The van der Waals surface area contributed by atoms with Gasteiger partial charge in [0, 0.05) is 19.8 Å². The first-order valence-electron chi connectivity index (χ1n) is 6.34. The van der Waals surface area contributed by atoms with Crippen LogP contribution in [0.15, 0.2) is 24.5 Å². The van der Waals surface area contributed by atoms with Gasteiger partial charge in [0.05, 0.1) is 22.8 Å². The average molecular weight is 295 g/mol. The van der Waals surface area contributed by atoms with Gasteiger partial charge in [0.15, 0.2) is 5.65 Å². The van der Waals surface area contributed by atoms with Crippen molar-refractivity contribution in [2.24, 2.45) is 7.05 Å². The quantitative estimate of drug-likeness (QED) is 0.730. The van der Waals surface area contributed by atoms with E-state index in [-0.39, 0.29) is 16.7 Å². The summed E-state index contributed by atoms with van der Waals surface area (Å²) in [6.45, 7) is 2.24. The molecule has 5 nitrogen and oxygen atoms in total. The Bertz CT molecular complexity index is 800. The Hall–Kier alpha value is -2.38. The molecule has 8 heteroatoms. The molecule has 0 aliphatic rings. The van der Waals surface area contributed by atoms with Crippen molar-refractivity contribution >= 4 is 11.0 Å². The molecule has 0 spiro atoms. The maximum atomic E-state index is 13.2. The smallest absolute Gasteiger partial charge is 0.275 e. The molecule has 0 aliphatic carbocycles. The third kappa shape index (κ3) is 2.26. The van der Waals surface area contributed by atoms with Crippen molar-refractivity contribution in [3.63, 3.8) is 0 Å². The average Bonchev–Trinajstić information content (AvgIpc) is 3.02. The van der Waals surface area contributed by atoms with E-state index in [9.17, 15) is 13.2 Å². The van der Waals surface area contributed by atoms with Gasteiger partial charge in [0.25, 0.3) is 0 Å². The van der Waals surface area contributed by atoms with Crippen LogP contribution < -0.4 is 0 Å². The summed E-state index contributed by atoms with van der Waals surface area (Å²) < 4.78 is 42.7. The molecule has 0 fully saturated rings. The Labute approximate surface area is 118 Å². The number of hydrogen-bond acceptors (Lipinski definition) is 3. The molecular weight excluding hydrogens is 283 g/mol. The molecule has 0 aromatic carbocycles. The fraction of sp³-hybridized carbons (Fsp3) is 0.308. The van der Waals surface area contributed by atoms with E-state index in [0.29, 0.717) is 12.2 Å². The van der Waals surface area contributed by atoms with Gasteiger partial charge in [-0.25, -0.2) is 9.67 Å². The third-order valence-electron chi connectivity index (χ3n) is 3.19. The van der Waals surface area contributed by atoms with Gasteiger partial charge in [-0.2, -0.15) is 23.4 Å². The summed E-state index contributed by atoms with van der Waals surface area (Å²) in [4.78, 5) is 4.29. The first-order valence-corrected chi connectivity index (χ1v) is 6.34. The Morgan fingerprint density at radius 2 is 2.00 bits per heavy atom. The van der Waals surface area contributed by atoms with Crippen molar-refractivity contribution in [1.82, 2.24) is 24.5 Å². The van der Waals surface area contributed by atoms with Gasteiger partial charge in [-0.05, 0) is 19.1 Å². The number of aryl methyl sites for hydroxylation is 2. The van der Waals surface area contributed by atoms with Crippen LogP contribution >= 0.6 is 0 Å². The summed E-state index contributed by atoms with van der Waals surface area (Å²) in [7, 11) is 1.70. The molecule has 3 aromatic rings. The number of halogens is 3. The van der Waals surface area contributed by atoms with Crippen LogP contribution in [-0.4, -0.2) is 24.5 Å². The van der Waals surface area contributed by atoms with E-state index in [2.05, 4.69) is 15.2 Å². The Morgan fingerprint density at radius 1 is 1.24 bits per heavy atom. The van der Waals surface area contributed by atoms with Gasteiger partial charge in [0.1, 0.15) is 5.69 Å². The highest BCUT2D eigenvalue weighted by atomic mass is 19.4. The molecule has 0 bridgehead atoms. The van der Waals surface area contributed by atoms with Crippen LogP contribution in [0, 0.1) is 0 Å². The number of pyridine rings is 1. The lowest BCUT2D eigenvalue weighted by Crippen LogP contribution is -2.08. The number of aromatic nitrogens is 5. The second kappa shape index (κ2) is 4.57. The third-order valence-corrected chi connectivity index (χ3v) is 3.19. The predicted octanol–water partition coefficient (Wildman–Crippen LogP) is 2.87. The van der Waals surface area contributed by atoms with Crippen molar-refractivity contribution in [3.8, 4) is 11.4 Å². The van der Waals surface area contributed by atoms with E-state index in [0.717, 1.165) is 6.07 Å². The number of nitrogens with zero attached hydrogens (tertiary/aromatic N) is 5. The van der Waals surface area contributed by atoms with Gasteiger partial charge >= 0.3 is 6.18 Å². The number of fused-ring (bicyclic) bond motifs is 1. The molecule has 3 heterocycles. The predicted molar refractivity (Wildman–Crippen MR) is 70.4 cm³/mol. The van der Waals surface area contributed by atoms with Crippen molar-refractivity contribution in [2.75, 3.05) is 0 Å². The van der Waals surface area contributed by atoms with Crippen molar-refractivity contribution in [1.29, 1.82) is 0 Å². The van der Waals surface area contributed by atoms with Gasteiger partial charge in [-0.15, -0.1) is 0 Å². The van der Waals surface area contributed by atoms with Gasteiger partial charge in [-0.3, -0.25) is 4.68 Å². The summed E-state index contributed by atoms with van der Waals surface area (Å²) >= 11 is 0. The lowest BCUT2D eigenvalue weighted by molar-refractivity contribution is -0.136. The second-order valence-corrected chi connectivity index (χ2v) is 4.63. The molecule has 0 aliphatic heterocycles.